The van der Waals surface area contributed by atoms with E-state index in [1.165, 1.54) is 0 Å². The zero-order valence-electron chi connectivity index (χ0n) is 15.2. The fourth-order valence-corrected chi connectivity index (χ4v) is 2.71. The summed E-state index contributed by atoms with van der Waals surface area (Å²) in [5.41, 5.74) is 0. The molecule has 0 fully saturated rings. The Morgan fingerprint density at radius 1 is 1.21 bits per heavy atom. The van der Waals surface area contributed by atoms with Crippen molar-refractivity contribution in [1.82, 2.24) is 20.7 Å². The van der Waals surface area contributed by atoms with Gasteiger partial charge in [-0.1, -0.05) is 28.5 Å². The van der Waals surface area contributed by atoms with Crippen LogP contribution < -0.4 is 15.4 Å². The van der Waals surface area contributed by atoms with E-state index in [9.17, 15) is 9.59 Å². The second-order valence-corrected chi connectivity index (χ2v) is 7.00. The number of carbonyl (C=O) groups is 2. The summed E-state index contributed by atoms with van der Waals surface area (Å²) in [7, 11) is 0. The van der Waals surface area contributed by atoms with Gasteiger partial charge in [0.2, 0.25) is 11.8 Å². The average Bonchev–Trinajstić information content (AvgIpc) is 3.33. The standard InChI is InChI=1S/C17H16ClN5O5S/c1-10-6-13(23-28-10)20-15(25)9-29-17-22-21-16(27-17)7-19-14(24)8-26-12-4-2-11(18)3-5-12/h2-6H,7-9H2,1H3,(H,19,24)(H,20,23,25). The number of thioether (sulfide) groups is 1. The van der Waals surface area contributed by atoms with Crippen LogP contribution >= 0.6 is 23.4 Å². The molecule has 2 heterocycles. The highest BCUT2D eigenvalue weighted by Crippen LogP contribution is 2.17. The summed E-state index contributed by atoms with van der Waals surface area (Å²) in [5.74, 6) is 1.07. The Labute approximate surface area is 174 Å². The van der Waals surface area contributed by atoms with Crippen molar-refractivity contribution in [1.29, 1.82) is 0 Å². The first-order chi connectivity index (χ1) is 14.0. The molecule has 0 aliphatic heterocycles. The summed E-state index contributed by atoms with van der Waals surface area (Å²) in [6, 6.07) is 8.26. The Balaban J connectivity index is 1.36. The van der Waals surface area contributed by atoms with Gasteiger partial charge in [0.25, 0.3) is 11.1 Å². The number of nitrogens with one attached hydrogen (secondary N) is 2. The molecule has 0 aliphatic carbocycles. The molecule has 0 spiro atoms. The average molecular weight is 438 g/mol. The second-order valence-electron chi connectivity index (χ2n) is 5.64. The smallest absolute Gasteiger partial charge is 0.277 e. The van der Waals surface area contributed by atoms with Crippen LogP contribution in [0.15, 0.2) is 44.5 Å². The normalized spacial score (nSPS) is 10.6. The predicted octanol–water partition coefficient (Wildman–Crippen LogP) is 2.45. The molecule has 12 heteroatoms. The van der Waals surface area contributed by atoms with Gasteiger partial charge in [-0.15, -0.1) is 10.2 Å². The lowest BCUT2D eigenvalue weighted by atomic mass is 10.3. The van der Waals surface area contributed by atoms with Crippen molar-refractivity contribution in [3.8, 4) is 5.75 Å². The lowest BCUT2D eigenvalue weighted by molar-refractivity contribution is -0.123. The molecular formula is C17H16ClN5O5S. The highest BCUT2D eigenvalue weighted by atomic mass is 35.5. The number of nitrogens with zero attached hydrogens (tertiary/aromatic N) is 3. The van der Waals surface area contributed by atoms with E-state index in [0.29, 0.717) is 22.4 Å². The van der Waals surface area contributed by atoms with Gasteiger partial charge in [-0.3, -0.25) is 9.59 Å². The zero-order chi connectivity index (χ0) is 20.6. The lowest BCUT2D eigenvalue weighted by Gasteiger charge is -2.06. The Hall–Kier alpha value is -3.05. The molecule has 1 aromatic carbocycles. The molecule has 0 aliphatic rings. The third-order valence-corrected chi connectivity index (χ3v) is 4.36. The Kier molecular flexibility index (Phi) is 7.09. The van der Waals surface area contributed by atoms with E-state index in [0.717, 1.165) is 11.8 Å². The van der Waals surface area contributed by atoms with Crippen molar-refractivity contribution in [2.24, 2.45) is 0 Å². The van der Waals surface area contributed by atoms with Crippen LogP contribution in [0.4, 0.5) is 5.82 Å². The van der Waals surface area contributed by atoms with Crippen LogP contribution in [0, 0.1) is 6.92 Å². The molecule has 3 aromatic rings. The van der Waals surface area contributed by atoms with E-state index in [-0.39, 0.29) is 41.8 Å². The van der Waals surface area contributed by atoms with Crippen molar-refractivity contribution in [2.45, 2.75) is 18.7 Å². The molecule has 0 radical (unpaired) electrons. The molecule has 2 aromatic heterocycles. The minimum atomic E-state index is -0.352. The summed E-state index contributed by atoms with van der Waals surface area (Å²) in [6.45, 7) is 1.60. The summed E-state index contributed by atoms with van der Waals surface area (Å²) in [4.78, 5) is 23.7. The molecule has 0 saturated heterocycles. The maximum atomic E-state index is 11.8. The molecule has 0 saturated carbocycles. The summed E-state index contributed by atoms with van der Waals surface area (Å²) in [5, 5.41) is 17.3. The molecular weight excluding hydrogens is 422 g/mol. The van der Waals surface area contributed by atoms with Crippen LogP contribution in [0.3, 0.4) is 0 Å². The van der Waals surface area contributed by atoms with Gasteiger partial charge in [-0.2, -0.15) is 0 Å². The van der Waals surface area contributed by atoms with E-state index in [4.69, 9.17) is 25.3 Å². The number of hydrogen-bond donors (Lipinski definition) is 2. The number of halogens is 1. The number of ether oxygens (including phenoxy) is 1. The van der Waals surface area contributed by atoms with Gasteiger partial charge in [-0.05, 0) is 31.2 Å². The lowest BCUT2D eigenvalue weighted by Crippen LogP contribution is -2.28. The van der Waals surface area contributed by atoms with E-state index < -0.39 is 0 Å². The molecule has 2 amide bonds. The van der Waals surface area contributed by atoms with Crippen molar-refractivity contribution in [3.05, 3.63) is 47.0 Å². The van der Waals surface area contributed by atoms with E-state index in [1.54, 1.807) is 37.3 Å². The van der Waals surface area contributed by atoms with Gasteiger partial charge >= 0.3 is 0 Å². The number of anilines is 1. The van der Waals surface area contributed by atoms with E-state index in [1.807, 2.05) is 0 Å². The van der Waals surface area contributed by atoms with Gasteiger partial charge in [0.15, 0.2) is 12.4 Å². The van der Waals surface area contributed by atoms with Crippen LogP contribution in [0.25, 0.3) is 0 Å². The fraction of sp³-hybridized carbons (Fsp3) is 0.235. The number of hydrogen-bond acceptors (Lipinski definition) is 9. The number of rotatable bonds is 9. The van der Waals surface area contributed by atoms with E-state index in [2.05, 4.69) is 26.0 Å². The molecule has 29 heavy (non-hydrogen) atoms. The molecule has 10 nitrogen and oxygen atoms in total. The summed E-state index contributed by atoms with van der Waals surface area (Å²) in [6.07, 6.45) is 0. The van der Waals surface area contributed by atoms with Gasteiger partial charge in [0.1, 0.15) is 11.5 Å². The Morgan fingerprint density at radius 2 is 2.00 bits per heavy atom. The number of aromatic nitrogens is 3. The second kappa shape index (κ2) is 9.94. The van der Waals surface area contributed by atoms with Crippen molar-refractivity contribution < 1.29 is 23.3 Å². The molecule has 3 rings (SSSR count). The van der Waals surface area contributed by atoms with Gasteiger partial charge in [0.05, 0.1) is 12.3 Å². The Morgan fingerprint density at radius 3 is 2.72 bits per heavy atom. The third-order valence-electron chi connectivity index (χ3n) is 3.29. The number of carbonyl (C=O) groups excluding carboxylic acids is 2. The topological polar surface area (TPSA) is 132 Å². The largest absolute Gasteiger partial charge is 0.484 e. The van der Waals surface area contributed by atoms with Gasteiger partial charge < -0.3 is 24.3 Å². The van der Waals surface area contributed by atoms with Crippen LogP contribution in [-0.4, -0.2) is 39.5 Å². The molecule has 2 N–H and O–H groups in total. The first-order valence-electron chi connectivity index (χ1n) is 8.31. The van der Waals surface area contributed by atoms with E-state index >= 15 is 0 Å². The highest BCUT2D eigenvalue weighted by Gasteiger charge is 2.12. The van der Waals surface area contributed by atoms with Crippen molar-refractivity contribution in [3.63, 3.8) is 0 Å². The maximum Gasteiger partial charge on any atom is 0.277 e. The summed E-state index contributed by atoms with van der Waals surface area (Å²) >= 11 is 6.84. The zero-order valence-corrected chi connectivity index (χ0v) is 16.7. The van der Waals surface area contributed by atoms with Crippen molar-refractivity contribution >= 4 is 41.0 Å². The maximum absolute atomic E-state index is 11.8. The van der Waals surface area contributed by atoms with Crippen LogP contribution in [0.2, 0.25) is 5.02 Å². The summed E-state index contributed by atoms with van der Waals surface area (Å²) < 4.78 is 15.6. The number of amides is 2. The van der Waals surface area contributed by atoms with Gasteiger partial charge in [0, 0.05) is 11.1 Å². The molecule has 152 valence electrons. The quantitative estimate of drug-likeness (QED) is 0.484. The molecule has 0 bridgehead atoms. The molecule has 0 atom stereocenters. The Bertz CT molecular complexity index is 975. The predicted molar refractivity (Wildman–Crippen MR) is 104 cm³/mol. The van der Waals surface area contributed by atoms with Crippen LogP contribution in [0.1, 0.15) is 11.7 Å². The third kappa shape index (κ3) is 6.80. The number of aryl methyl sites for hydroxylation is 1. The number of benzene rings is 1. The van der Waals surface area contributed by atoms with Crippen molar-refractivity contribution in [2.75, 3.05) is 17.7 Å². The first kappa shape index (κ1) is 20.7. The van der Waals surface area contributed by atoms with Crippen LogP contribution in [-0.2, 0) is 16.1 Å². The highest BCUT2D eigenvalue weighted by molar-refractivity contribution is 7.99. The fourth-order valence-electron chi connectivity index (χ4n) is 2.00. The molecule has 0 unspecified atom stereocenters. The first-order valence-corrected chi connectivity index (χ1v) is 9.68. The minimum Gasteiger partial charge on any atom is -0.484 e. The minimum absolute atomic E-state index is 0.0424. The monoisotopic (exact) mass is 437 g/mol. The SMILES string of the molecule is Cc1cc(NC(=O)CSc2nnc(CNC(=O)COc3ccc(Cl)cc3)o2)no1. The van der Waals surface area contributed by atoms with Gasteiger partial charge in [-0.25, -0.2) is 0 Å². The van der Waals surface area contributed by atoms with Crippen LogP contribution in [0.5, 0.6) is 5.75 Å².